The molecule has 2 heterocycles. The molecule has 6 nitrogen and oxygen atoms in total. The van der Waals surface area contributed by atoms with E-state index < -0.39 is 18.2 Å². The van der Waals surface area contributed by atoms with E-state index in [1.807, 2.05) is 18.2 Å². The first-order chi connectivity index (χ1) is 12.8. The highest BCUT2D eigenvalue weighted by Crippen LogP contribution is 2.25. The van der Waals surface area contributed by atoms with E-state index in [-0.39, 0.29) is 11.6 Å². The molecule has 0 aliphatic carbocycles. The van der Waals surface area contributed by atoms with Crippen molar-refractivity contribution in [2.24, 2.45) is 0 Å². The lowest BCUT2D eigenvalue weighted by atomic mass is 9.99. The fourth-order valence-corrected chi connectivity index (χ4v) is 3.81. The Bertz CT molecular complexity index is 869. The summed E-state index contributed by atoms with van der Waals surface area (Å²) < 4.78 is 5.43. The van der Waals surface area contributed by atoms with Crippen LogP contribution in [0.25, 0.3) is 0 Å². The van der Waals surface area contributed by atoms with Gasteiger partial charge in [-0.05, 0) is 50.8 Å². The quantitative estimate of drug-likeness (QED) is 0.811. The molecule has 0 spiro atoms. The van der Waals surface area contributed by atoms with E-state index in [0.29, 0.717) is 24.2 Å². The Hall–Kier alpha value is -2.60. The van der Waals surface area contributed by atoms with Gasteiger partial charge in [-0.15, -0.1) is 0 Å². The van der Waals surface area contributed by atoms with Gasteiger partial charge in [0, 0.05) is 24.3 Å². The second kappa shape index (κ2) is 7.56. The molecule has 0 saturated heterocycles. The maximum atomic E-state index is 12.7. The van der Waals surface area contributed by atoms with Crippen molar-refractivity contribution in [1.82, 2.24) is 9.88 Å². The van der Waals surface area contributed by atoms with Gasteiger partial charge in [-0.3, -0.25) is 4.79 Å². The molecule has 2 aromatic rings. The SMILES string of the molecule is Cc1[nH]c(C(=O)O[C@H](C)C(=O)N2CCc3ccccc3C2)c(C)c1[C@@H](C)O. The van der Waals surface area contributed by atoms with Crippen LogP contribution < -0.4 is 0 Å². The highest BCUT2D eigenvalue weighted by Gasteiger charge is 2.29. The van der Waals surface area contributed by atoms with E-state index in [1.165, 1.54) is 5.56 Å². The van der Waals surface area contributed by atoms with Gasteiger partial charge in [-0.2, -0.15) is 0 Å². The third kappa shape index (κ3) is 3.76. The molecule has 1 aliphatic rings. The van der Waals surface area contributed by atoms with Crippen LogP contribution in [0.1, 0.15) is 58.4 Å². The average molecular weight is 370 g/mol. The maximum Gasteiger partial charge on any atom is 0.355 e. The lowest BCUT2D eigenvalue weighted by Crippen LogP contribution is -2.42. The Morgan fingerprint density at radius 1 is 1.19 bits per heavy atom. The van der Waals surface area contributed by atoms with Crippen LogP contribution in [0.4, 0.5) is 0 Å². The summed E-state index contributed by atoms with van der Waals surface area (Å²) in [5, 5.41) is 9.87. The molecular weight excluding hydrogens is 344 g/mol. The molecule has 0 fully saturated rings. The van der Waals surface area contributed by atoms with Gasteiger partial charge in [0.25, 0.3) is 5.91 Å². The second-order valence-electron chi connectivity index (χ2n) is 7.17. The second-order valence-corrected chi connectivity index (χ2v) is 7.17. The summed E-state index contributed by atoms with van der Waals surface area (Å²) in [6.07, 6.45) is -0.758. The largest absolute Gasteiger partial charge is 0.448 e. The highest BCUT2D eigenvalue weighted by molar-refractivity contribution is 5.92. The number of carbonyl (C=O) groups is 2. The molecule has 1 amide bonds. The molecule has 27 heavy (non-hydrogen) atoms. The topological polar surface area (TPSA) is 82.6 Å². The number of nitrogens with one attached hydrogen (secondary N) is 1. The lowest BCUT2D eigenvalue weighted by molar-refractivity contribution is -0.140. The number of aliphatic hydroxyl groups excluding tert-OH is 1. The Labute approximate surface area is 159 Å². The van der Waals surface area contributed by atoms with Crippen molar-refractivity contribution in [1.29, 1.82) is 0 Å². The van der Waals surface area contributed by atoms with Crippen LogP contribution in [0.15, 0.2) is 24.3 Å². The van der Waals surface area contributed by atoms with Crippen LogP contribution >= 0.6 is 0 Å². The number of ether oxygens (including phenoxy) is 1. The van der Waals surface area contributed by atoms with Crippen LogP contribution in [0, 0.1) is 13.8 Å². The number of benzene rings is 1. The van der Waals surface area contributed by atoms with Crippen molar-refractivity contribution < 1.29 is 19.4 Å². The number of H-pyrrole nitrogens is 1. The average Bonchev–Trinajstić information content (AvgIpc) is 2.95. The van der Waals surface area contributed by atoms with Gasteiger partial charge in [0.2, 0.25) is 0 Å². The molecule has 1 aromatic heterocycles. The van der Waals surface area contributed by atoms with Crippen molar-refractivity contribution in [3.63, 3.8) is 0 Å². The molecular formula is C21H26N2O4. The molecule has 6 heteroatoms. The molecule has 0 unspecified atom stereocenters. The minimum absolute atomic E-state index is 0.200. The number of fused-ring (bicyclic) bond motifs is 1. The van der Waals surface area contributed by atoms with E-state index in [1.54, 1.807) is 32.6 Å². The number of esters is 1. The summed E-state index contributed by atoms with van der Waals surface area (Å²) in [5.74, 6) is -0.782. The van der Waals surface area contributed by atoms with Gasteiger partial charge < -0.3 is 19.7 Å². The van der Waals surface area contributed by atoms with Gasteiger partial charge in [0.1, 0.15) is 5.69 Å². The Balaban J connectivity index is 1.69. The zero-order valence-electron chi connectivity index (χ0n) is 16.2. The smallest absolute Gasteiger partial charge is 0.355 e. The van der Waals surface area contributed by atoms with E-state index in [9.17, 15) is 14.7 Å². The van der Waals surface area contributed by atoms with Crippen LogP contribution in [0.5, 0.6) is 0 Å². The standard InChI is InChI=1S/C21H26N2O4/c1-12-18(14(3)24)13(2)22-19(12)21(26)27-15(4)20(25)23-10-9-16-7-5-6-8-17(16)11-23/h5-8,14-15,22,24H,9-11H2,1-4H3/t14-,15-/m1/s1. The van der Waals surface area contributed by atoms with Crippen LogP contribution in [0.3, 0.4) is 0 Å². The normalized spacial score (nSPS) is 15.8. The number of aliphatic hydroxyl groups is 1. The third-order valence-electron chi connectivity index (χ3n) is 5.19. The summed E-state index contributed by atoms with van der Waals surface area (Å²) in [4.78, 5) is 30.0. The minimum Gasteiger partial charge on any atom is -0.448 e. The summed E-state index contributed by atoms with van der Waals surface area (Å²) in [7, 11) is 0. The number of aryl methyl sites for hydroxylation is 1. The fourth-order valence-electron chi connectivity index (χ4n) is 3.81. The van der Waals surface area contributed by atoms with E-state index in [4.69, 9.17) is 4.74 Å². The monoisotopic (exact) mass is 370 g/mol. The summed E-state index contributed by atoms with van der Waals surface area (Å²) in [5.41, 5.74) is 4.74. The first-order valence-corrected chi connectivity index (χ1v) is 9.23. The number of aromatic nitrogens is 1. The summed E-state index contributed by atoms with van der Waals surface area (Å²) in [6.45, 7) is 7.95. The predicted molar refractivity (Wildman–Crippen MR) is 101 cm³/mol. The van der Waals surface area contributed by atoms with Gasteiger partial charge >= 0.3 is 5.97 Å². The number of carbonyl (C=O) groups excluding carboxylic acids is 2. The first-order valence-electron chi connectivity index (χ1n) is 9.23. The van der Waals surface area contributed by atoms with Crippen molar-refractivity contribution in [3.8, 4) is 0 Å². The molecule has 0 bridgehead atoms. The molecule has 1 aliphatic heterocycles. The van der Waals surface area contributed by atoms with Crippen molar-refractivity contribution in [2.75, 3.05) is 6.54 Å². The summed E-state index contributed by atoms with van der Waals surface area (Å²) in [6, 6.07) is 8.07. The number of hydrogen-bond acceptors (Lipinski definition) is 4. The molecule has 1 aromatic carbocycles. The molecule has 3 rings (SSSR count). The fraction of sp³-hybridized carbons (Fsp3) is 0.429. The van der Waals surface area contributed by atoms with E-state index in [0.717, 1.165) is 17.7 Å². The van der Waals surface area contributed by atoms with Gasteiger partial charge in [0.05, 0.1) is 6.10 Å². The van der Waals surface area contributed by atoms with Gasteiger partial charge in [-0.1, -0.05) is 24.3 Å². The molecule has 0 saturated carbocycles. The molecule has 2 atom stereocenters. The number of rotatable bonds is 4. The lowest BCUT2D eigenvalue weighted by Gasteiger charge is -2.30. The number of amides is 1. The third-order valence-corrected chi connectivity index (χ3v) is 5.19. The maximum absolute atomic E-state index is 12.7. The van der Waals surface area contributed by atoms with E-state index >= 15 is 0 Å². The zero-order valence-corrected chi connectivity index (χ0v) is 16.2. The van der Waals surface area contributed by atoms with Crippen molar-refractivity contribution >= 4 is 11.9 Å². The van der Waals surface area contributed by atoms with Gasteiger partial charge in [0.15, 0.2) is 6.10 Å². The van der Waals surface area contributed by atoms with Crippen LogP contribution in [0.2, 0.25) is 0 Å². The van der Waals surface area contributed by atoms with Crippen LogP contribution in [-0.2, 0) is 22.5 Å². The van der Waals surface area contributed by atoms with Crippen molar-refractivity contribution in [3.05, 3.63) is 57.9 Å². The van der Waals surface area contributed by atoms with Crippen LogP contribution in [-0.4, -0.2) is 39.5 Å². The highest BCUT2D eigenvalue weighted by atomic mass is 16.5. The predicted octanol–water partition coefficient (Wildman–Crippen LogP) is 2.82. The first kappa shape index (κ1) is 19.2. The molecule has 2 N–H and O–H groups in total. The molecule has 144 valence electrons. The van der Waals surface area contributed by atoms with E-state index in [2.05, 4.69) is 11.1 Å². The Morgan fingerprint density at radius 2 is 1.85 bits per heavy atom. The molecule has 0 radical (unpaired) electrons. The number of nitrogens with zero attached hydrogens (tertiary/aromatic N) is 1. The number of hydrogen-bond donors (Lipinski definition) is 2. The number of aromatic amines is 1. The minimum atomic E-state index is -0.874. The van der Waals surface area contributed by atoms with Gasteiger partial charge in [-0.25, -0.2) is 4.79 Å². The Kier molecular flexibility index (Phi) is 5.37. The summed E-state index contributed by atoms with van der Waals surface area (Å²) >= 11 is 0. The van der Waals surface area contributed by atoms with Crippen molar-refractivity contribution in [2.45, 2.75) is 52.9 Å². The zero-order chi connectivity index (χ0) is 19.7. The Morgan fingerprint density at radius 3 is 2.48 bits per heavy atom.